The fourth-order valence-corrected chi connectivity index (χ4v) is 2.36. The van der Waals surface area contributed by atoms with Crippen LogP contribution in [0.2, 0.25) is 0 Å². The molecule has 1 amide bonds. The van der Waals surface area contributed by atoms with Crippen LogP contribution in [0.4, 0.5) is 5.13 Å². The largest absolute Gasteiger partial charge is 0.395 e. The number of amides is 1. The van der Waals surface area contributed by atoms with Crippen LogP contribution in [0.3, 0.4) is 0 Å². The van der Waals surface area contributed by atoms with Crippen LogP contribution < -0.4 is 5.32 Å². The molecule has 0 radical (unpaired) electrons. The van der Waals surface area contributed by atoms with Gasteiger partial charge in [-0.15, -0.1) is 11.3 Å². The molecule has 0 aliphatic rings. The van der Waals surface area contributed by atoms with Crippen molar-refractivity contribution in [1.29, 1.82) is 0 Å². The molecular formula is C12H21N3O2S. The Morgan fingerprint density at radius 1 is 1.56 bits per heavy atom. The molecule has 0 bridgehead atoms. The number of anilines is 1. The summed E-state index contributed by atoms with van der Waals surface area (Å²) in [5.41, 5.74) is 0.938. The van der Waals surface area contributed by atoms with Crippen LogP contribution in [-0.2, 0) is 11.3 Å². The van der Waals surface area contributed by atoms with Crippen molar-refractivity contribution >= 4 is 22.4 Å². The van der Waals surface area contributed by atoms with Gasteiger partial charge in [0.1, 0.15) is 0 Å². The number of nitrogens with zero attached hydrogens (tertiary/aromatic N) is 2. The first-order chi connectivity index (χ1) is 8.65. The number of rotatable bonds is 8. The Balaban J connectivity index is 2.51. The summed E-state index contributed by atoms with van der Waals surface area (Å²) < 4.78 is 0. The maximum absolute atomic E-state index is 10.9. The first kappa shape index (κ1) is 15.1. The van der Waals surface area contributed by atoms with Crippen LogP contribution in [0, 0.1) is 0 Å². The Kier molecular flexibility index (Phi) is 6.85. The smallest absolute Gasteiger partial charge is 0.223 e. The van der Waals surface area contributed by atoms with Crippen molar-refractivity contribution in [2.75, 3.05) is 25.0 Å². The van der Waals surface area contributed by atoms with Gasteiger partial charge in [-0.2, -0.15) is 0 Å². The van der Waals surface area contributed by atoms with Crippen molar-refractivity contribution < 1.29 is 9.90 Å². The lowest BCUT2D eigenvalue weighted by Crippen LogP contribution is -2.27. The van der Waals surface area contributed by atoms with Gasteiger partial charge in [0, 0.05) is 25.4 Å². The molecule has 0 aliphatic carbocycles. The normalized spacial score (nSPS) is 10.9. The quantitative estimate of drug-likeness (QED) is 0.755. The van der Waals surface area contributed by atoms with Crippen molar-refractivity contribution in [2.45, 2.75) is 33.2 Å². The van der Waals surface area contributed by atoms with Crippen LogP contribution in [0.25, 0.3) is 0 Å². The SMILES string of the molecule is CCCCN(CCO)Cc1csc(NC(C)=O)n1. The summed E-state index contributed by atoms with van der Waals surface area (Å²) in [4.78, 5) is 17.4. The van der Waals surface area contributed by atoms with E-state index >= 15 is 0 Å². The summed E-state index contributed by atoms with van der Waals surface area (Å²) in [7, 11) is 0. The fourth-order valence-electron chi connectivity index (χ4n) is 1.61. The van der Waals surface area contributed by atoms with E-state index in [1.807, 2.05) is 5.38 Å². The number of aliphatic hydroxyl groups excluding tert-OH is 1. The van der Waals surface area contributed by atoms with E-state index in [1.54, 1.807) is 0 Å². The molecule has 18 heavy (non-hydrogen) atoms. The van der Waals surface area contributed by atoms with Crippen LogP contribution in [0.1, 0.15) is 32.4 Å². The highest BCUT2D eigenvalue weighted by Gasteiger charge is 2.08. The van der Waals surface area contributed by atoms with E-state index in [1.165, 1.54) is 18.3 Å². The highest BCUT2D eigenvalue weighted by molar-refractivity contribution is 7.13. The van der Waals surface area contributed by atoms with Gasteiger partial charge >= 0.3 is 0 Å². The molecular weight excluding hydrogens is 250 g/mol. The first-order valence-electron chi connectivity index (χ1n) is 6.21. The molecule has 2 N–H and O–H groups in total. The number of aromatic nitrogens is 1. The minimum Gasteiger partial charge on any atom is -0.395 e. The lowest BCUT2D eigenvalue weighted by molar-refractivity contribution is -0.114. The third-order valence-electron chi connectivity index (χ3n) is 2.46. The molecule has 1 heterocycles. The van der Waals surface area contributed by atoms with Crippen LogP contribution in [-0.4, -0.2) is 40.6 Å². The minimum absolute atomic E-state index is 0.103. The Morgan fingerprint density at radius 2 is 2.33 bits per heavy atom. The lowest BCUT2D eigenvalue weighted by Gasteiger charge is -2.19. The van der Waals surface area contributed by atoms with E-state index in [9.17, 15) is 4.79 Å². The lowest BCUT2D eigenvalue weighted by atomic mass is 10.3. The Hall–Kier alpha value is -0.980. The molecule has 0 saturated heterocycles. The second-order valence-corrected chi connectivity index (χ2v) is 5.04. The summed E-state index contributed by atoms with van der Waals surface area (Å²) in [5, 5.41) is 14.3. The molecule has 0 fully saturated rings. The second-order valence-electron chi connectivity index (χ2n) is 4.18. The van der Waals surface area contributed by atoms with E-state index in [-0.39, 0.29) is 12.5 Å². The number of aliphatic hydroxyl groups is 1. The van der Waals surface area contributed by atoms with E-state index in [4.69, 9.17) is 5.11 Å². The second kappa shape index (κ2) is 8.18. The summed E-state index contributed by atoms with van der Waals surface area (Å²) >= 11 is 1.43. The first-order valence-corrected chi connectivity index (χ1v) is 7.09. The topological polar surface area (TPSA) is 65.5 Å². The Labute approximate surface area is 112 Å². The molecule has 0 saturated carbocycles. The van der Waals surface area contributed by atoms with Gasteiger partial charge in [0.05, 0.1) is 12.3 Å². The van der Waals surface area contributed by atoms with Gasteiger partial charge in [0.15, 0.2) is 5.13 Å². The zero-order chi connectivity index (χ0) is 13.4. The van der Waals surface area contributed by atoms with Crippen molar-refractivity contribution in [2.24, 2.45) is 0 Å². The maximum Gasteiger partial charge on any atom is 0.223 e. The summed E-state index contributed by atoms with van der Waals surface area (Å²) in [6.45, 7) is 6.12. The predicted molar refractivity (Wildman–Crippen MR) is 73.7 cm³/mol. The van der Waals surface area contributed by atoms with Crippen LogP contribution in [0.15, 0.2) is 5.38 Å². The van der Waals surface area contributed by atoms with Gasteiger partial charge in [-0.25, -0.2) is 4.98 Å². The number of carbonyl (C=O) groups excluding carboxylic acids is 1. The molecule has 0 unspecified atom stereocenters. The fraction of sp³-hybridized carbons (Fsp3) is 0.667. The molecule has 5 nitrogen and oxygen atoms in total. The van der Waals surface area contributed by atoms with Gasteiger partial charge in [0.25, 0.3) is 0 Å². The third-order valence-corrected chi connectivity index (χ3v) is 3.27. The highest BCUT2D eigenvalue weighted by Crippen LogP contribution is 2.16. The number of nitrogens with one attached hydrogen (secondary N) is 1. The zero-order valence-electron chi connectivity index (χ0n) is 11.0. The molecule has 0 atom stereocenters. The molecule has 0 aromatic carbocycles. The standard InChI is InChI=1S/C12H21N3O2S/c1-3-4-5-15(6-7-16)8-11-9-18-12(14-11)13-10(2)17/h9,16H,3-8H2,1-2H3,(H,13,14,17). The average molecular weight is 271 g/mol. The summed E-state index contributed by atoms with van der Waals surface area (Å²) in [5.74, 6) is -0.103. The van der Waals surface area contributed by atoms with Crippen LogP contribution in [0.5, 0.6) is 0 Å². The van der Waals surface area contributed by atoms with Crippen molar-refractivity contribution in [3.05, 3.63) is 11.1 Å². The number of hydrogen-bond donors (Lipinski definition) is 2. The Morgan fingerprint density at radius 3 is 2.94 bits per heavy atom. The van der Waals surface area contributed by atoms with Crippen molar-refractivity contribution in [1.82, 2.24) is 9.88 Å². The number of carbonyl (C=O) groups is 1. The highest BCUT2D eigenvalue weighted by atomic mass is 32.1. The van der Waals surface area contributed by atoms with Gasteiger partial charge in [-0.05, 0) is 13.0 Å². The molecule has 1 aromatic rings. The van der Waals surface area contributed by atoms with Crippen molar-refractivity contribution in [3.63, 3.8) is 0 Å². The molecule has 1 aromatic heterocycles. The monoisotopic (exact) mass is 271 g/mol. The zero-order valence-corrected chi connectivity index (χ0v) is 11.8. The van der Waals surface area contributed by atoms with Crippen molar-refractivity contribution in [3.8, 4) is 0 Å². The van der Waals surface area contributed by atoms with Gasteiger partial charge in [-0.1, -0.05) is 13.3 Å². The maximum atomic E-state index is 10.9. The predicted octanol–water partition coefficient (Wildman–Crippen LogP) is 1.70. The summed E-state index contributed by atoms with van der Waals surface area (Å²) in [6.07, 6.45) is 2.25. The van der Waals surface area contributed by atoms with Crippen LogP contribution >= 0.6 is 11.3 Å². The minimum atomic E-state index is -0.103. The van der Waals surface area contributed by atoms with Gasteiger partial charge in [-0.3, -0.25) is 9.69 Å². The number of unbranched alkanes of at least 4 members (excludes halogenated alkanes) is 1. The molecule has 6 heteroatoms. The third kappa shape index (κ3) is 5.57. The van der Waals surface area contributed by atoms with Gasteiger partial charge < -0.3 is 10.4 Å². The molecule has 0 spiro atoms. The summed E-state index contributed by atoms with van der Waals surface area (Å²) in [6, 6.07) is 0. The molecule has 1 rings (SSSR count). The van der Waals surface area contributed by atoms with E-state index < -0.39 is 0 Å². The molecule has 0 aliphatic heterocycles. The van der Waals surface area contributed by atoms with E-state index in [2.05, 4.69) is 22.1 Å². The number of hydrogen-bond acceptors (Lipinski definition) is 5. The van der Waals surface area contributed by atoms with E-state index in [0.29, 0.717) is 11.7 Å². The Bertz CT molecular complexity index is 368. The average Bonchev–Trinajstić information content (AvgIpc) is 2.72. The van der Waals surface area contributed by atoms with Gasteiger partial charge in [0.2, 0.25) is 5.91 Å². The molecule has 102 valence electrons. The van der Waals surface area contributed by atoms with E-state index in [0.717, 1.165) is 31.6 Å². The number of thiazole rings is 1.